The molecule has 1 N–H and O–H groups in total. The van der Waals surface area contributed by atoms with Gasteiger partial charge in [0.1, 0.15) is 0 Å². The van der Waals surface area contributed by atoms with Gasteiger partial charge in [0, 0.05) is 23.5 Å². The minimum absolute atomic E-state index is 0.315. The van der Waals surface area contributed by atoms with E-state index in [4.69, 9.17) is 0 Å². The van der Waals surface area contributed by atoms with Crippen LogP contribution in [-0.4, -0.2) is 4.98 Å². The van der Waals surface area contributed by atoms with Gasteiger partial charge in [0.25, 0.3) is 0 Å². The largest absolute Gasteiger partial charge is 0.381 e. The van der Waals surface area contributed by atoms with Crippen LogP contribution in [0.5, 0.6) is 0 Å². The summed E-state index contributed by atoms with van der Waals surface area (Å²) in [6.07, 6.45) is 3.12. The van der Waals surface area contributed by atoms with Crippen LogP contribution >= 0.6 is 0 Å². The SMILES string of the molecule is CC1=Cc2ccccc2C(Cc2cccc(C)n2)N1. The van der Waals surface area contributed by atoms with Gasteiger partial charge in [-0.25, -0.2) is 0 Å². The molecule has 1 aromatic heterocycles. The van der Waals surface area contributed by atoms with E-state index < -0.39 is 0 Å². The fourth-order valence-electron chi connectivity index (χ4n) is 2.67. The summed E-state index contributed by atoms with van der Waals surface area (Å²) >= 11 is 0. The van der Waals surface area contributed by atoms with Crippen molar-refractivity contribution in [3.8, 4) is 0 Å². The highest BCUT2D eigenvalue weighted by atomic mass is 14.9. The first-order chi connectivity index (χ1) is 9.22. The molecule has 0 fully saturated rings. The quantitative estimate of drug-likeness (QED) is 0.880. The maximum absolute atomic E-state index is 4.61. The molecule has 1 unspecified atom stereocenters. The van der Waals surface area contributed by atoms with Crippen molar-refractivity contribution in [2.45, 2.75) is 26.3 Å². The van der Waals surface area contributed by atoms with Crippen molar-refractivity contribution in [2.75, 3.05) is 0 Å². The third kappa shape index (κ3) is 2.53. The van der Waals surface area contributed by atoms with Gasteiger partial charge in [-0.1, -0.05) is 30.3 Å². The number of aryl methyl sites for hydroxylation is 1. The lowest BCUT2D eigenvalue weighted by Gasteiger charge is -2.26. The van der Waals surface area contributed by atoms with Crippen molar-refractivity contribution in [2.24, 2.45) is 0 Å². The van der Waals surface area contributed by atoms with Gasteiger partial charge >= 0.3 is 0 Å². The average molecular weight is 250 g/mol. The Morgan fingerprint density at radius 2 is 1.89 bits per heavy atom. The molecule has 1 aromatic carbocycles. The van der Waals surface area contributed by atoms with E-state index in [0.29, 0.717) is 6.04 Å². The molecule has 0 saturated carbocycles. The highest BCUT2D eigenvalue weighted by molar-refractivity contribution is 5.59. The average Bonchev–Trinajstić information content (AvgIpc) is 2.38. The Labute approximate surface area is 114 Å². The number of hydrogen-bond donors (Lipinski definition) is 1. The molecule has 19 heavy (non-hydrogen) atoms. The molecule has 2 heteroatoms. The van der Waals surface area contributed by atoms with E-state index in [1.807, 2.05) is 13.0 Å². The van der Waals surface area contributed by atoms with Crippen LogP contribution in [0.1, 0.15) is 35.5 Å². The standard InChI is InChI=1S/C17H18N2/c1-12-6-5-8-15(18-12)11-17-16-9-4-3-7-14(16)10-13(2)19-17/h3-10,17,19H,11H2,1-2H3. The maximum atomic E-state index is 4.61. The molecule has 3 rings (SSSR count). The summed E-state index contributed by atoms with van der Waals surface area (Å²) in [6.45, 7) is 4.16. The van der Waals surface area contributed by atoms with Crippen molar-refractivity contribution in [3.63, 3.8) is 0 Å². The van der Waals surface area contributed by atoms with Crippen LogP contribution in [-0.2, 0) is 6.42 Å². The van der Waals surface area contributed by atoms with Crippen LogP contribution in [0.2, 0.25) is 0 Å². The minimum Gasteiger partial charge on any atom is -0.381 e. The number of fused-ring (bicyclic) bond motifs is 1. The van der Waals surface area contributed by atoms with Crippen molar-refractivity contribution in [3.05, 3.63) is 70.7 Å². The van der Waals surface area contributed by atoms with Gasteiger partial charge in [0.2, 0.25) is 0 Å². The molecule has 1 aliphatic heterocycles. The normalized spacial score (nSPS) is 17.4. The summed E-state index contributed by atoms with van der Waals surface area (Å²) in [5.74, 6) is 0. The molecule has 0 aliphatic carbocycles. The van der Waals surface area contributed by atoms with E-state index in [0.717, 1.165) is 17.8 Å². The van der Waals surface area contributed by atoms with Crippen molar-refractivity contribution in [1.29, 1.82) is 0 Å². The minimum atomic E-state index is 0.315. The maximum Gasteiger partial charge on any atom is 0.0572 e. The molecule has 0 saturated heterocycles. The third-order valence-electron chi connectivity index (χ3n) is 3.50. The number of aromatic nitrogens is 1. The van der Waals surface area contributed by atoms with Gasteiger partial charge in [-0.3, -0.25) is 4.98 Å². The second-order valence-electron chi connectivity index (χ2n) is 5.13. The number of benzene rings is 1. The molecule has 0 amide bonds. The van der Waals surface area contributed by atoms with E-state index in [9.17, 15) is 0 Å². The van der Waals surface area contributed by atoms with Gasteiger partial charge in [-0.15, -0.1) is 0 Å². The first-order valence-electron chi connectivity index (χ1n) is 6.69. The predicted molar refractivity (Wildman–Crippen MR) is 78.6 cm³/mol. The monoisotopic (exact) mass is 250 g/mol. The van der Waals surface area contributed by atoms with Gasteiger partial charge in [0.05, 0.1) is 6.04 Å². The molecular formula is C17H18N2. The van der Waals surface area contributed by atoms with Crippen molar-refractivity contribution >= 4 is 6.08 Å². The molecule has 0 spiro atoms. The lowest BCUT2D eigenvalue weighted by molar-refractivity contribution is 0.580. The smallest absolute Gasteiger partial charge is 0.0572 e. The van der Waals surface area contributed by atoms with Crippen LogP contribution in [0.15, 0.2) is 48.2 Å². The highest BCUT2D eigenvalue weighted by Crippen LogP contribution is 2.28. The number of rotatable bonds is 2. The Bertz CT molecular complexity index is 629. The number of allylic oxidation sites excluding steroid dienone is 1. The molecule has 2 heterocycles. The summed E-state index contributed by atoms with van der Waals surface area (Å²) in [7, 11) is 0. The van der Waals surface area contributed by atoms with Gasteiger partial charge in [-0.2, -0.15) is 0 Å². The van der Waals surface area contributed by atoms with Gasteiger partial charge in [-0.05, 0) is 43.2 Å². The third-order valence-corrected chi connectivity index (χ3v) is 3.50. The number of nitrogens with one attached hydrogen (secondary N) is 1. The summed E-state index contributed by atoms with van der Waals surface area (Å²) in [6, 6.07) is 15.1. The summed E-state index contributed by atoms with van der Waals surface area (Å²) < 4.78 is 0. The van der Waals surface area contributed by atoms with Gasteiger partial charge in [0.15, 0.2) is 0 Å². The van der Waals surface area contributed by atoms with Crippen LogP contribution in [0, 0.1) is 6.92 Å². The van der Waals surface area contributed by atoms with E-state index in [1.54, 1.807) is 0 Å². The zero-order chi connectivity index (χ0) is 13.2. The van der Waals surface area contributed by atoms with E-state index in [1.165, 1.54) is 16.8 Å². The molecule has 1 atom stereocenters. The number of nitrogens with zero attached hydrogens (tertiary/aromatic N) is 1. The molecule has 2 nitrogen and oxygen atoms in total. The van der Waals surface area contributed by atoms with Crippen LogP contribution < -0.4 is 5.32 Å². The van der Waals surface area contributed by atoms with Crippen LogP contribution in [0.3, 0.4) is 0 Å². The number of hydrogen-bond acceptors (Lipinski definition) is 2. The Hall–Kier alpha value is -2.09. The van der Waals surface area contributed by atoms with E-state index >= 15 is 0 Å². The van der Waals surface area contributed by atoms with Crippen molar-refractivity contribution in [1.82, 2.24) is 10.3 Å². The first-order valence-corrected chi connectivity index (χ1v) is 6.69. The zero-order valence-electron chi connectivity index (χ0n) is 11.4. The topological polar surface area (TPSA) is 24.9 Å². The Kier molecular flexibility index (Phi) is 3.08. The first kappa shape index (κ1) is 12.0. The van der Waals surface area contributed by atoms with Crippen molar-refractivity contribution < 1.29 is 0 Å². The van der Waals surface area contributed by atoms with E-state index in [-0.39, 0.29) is 0 Å². The molecule has 1 aliphatic rings. The summed E-state index contributed by atoms with van der Waals surface area (Å²) in [4.78, 5) is 4.61. The highest BCUT2D eigenvalue weighted by Gasteiger charge is 2.19. The molecular weight excluding hydrogens is 232 g/mol. The Morgan fingerprint density at radius 3 is 2.74 bits per heavy atom. The Balaban J connectivity index is 1.92. The number of pyridine rings is 1. The second kappa shape index (κ2) is 4.88. The van der Waals surface area contributed by atoms with Crippen LogP contribution in [0.25, 0.3) is 6.08 Å². The molecule has 0 bridgehead atoms. The van der Waals surface area contributed by atoms with Crippen LogP contribution in [0.4, 0.5) is 0 Å². The lowest BCUT2D eigenvalue weighted by Crippen LogP contribution is -2.25. The molecule has 2 aromatic rings. The molecule has 0 radical (unpaired) electrons. The fraction of sp³-hybridized carbons (Fsp3) is 0.235. The second-order valence-corrected chi connectivity index (χ2v) is 5.13. The summed E-state index contributed by atoms with van der Waals surface area (Å²) in [5.41, 5.74) is 6.11. The van der Waals surface area contributed by atoms with Gasteiger partial charge < -0.3 is 5.32 Å². The van der Waals surface area contributed by atoms with E-state index in [2.05, 4.69) is 59.7 Å². The predicted octanol–water partition coefficient (Wildman–Crippen LogP) is 3.64. The lowest BCUT2D eigenvalue weighted by atomic mass is 9.93. The molecule has 96 valence electrons. The Morgan fingerprint density at radius 1 is 1.05 bits per heavy atom. The zero-order valence-corrected chi connectivity index (χ0v) is 11.4. The summed E-state index contributed by atoms with van der Waals surface area (Å²) in [5, 5.41) is 3.56. The fourth-order valence-corrected chi connectivity index (χ4v) is 2.67.